The number of piperidine rings is 1. The second-order valence-electron chi connectivity index (χ2n) is 7.18. The number of hydrogen-bond acceptors (Lipinski definition) is 6. The zero-order chi connectivity index (χ0) is 20.4. The van der Waals surface area contributed by atoms with Gasteiger partial charge in [0, 0.05) is 5.39 Å². The molecule has 0 spiro atoms. The molecule has 29 heavy (non-hydrogen) atoms. The number of hydrogen-bond donors (Lipinski definition) is 2. The first-order valence-electron chi connectivity index (χ1n) is 9.50. The maximum Gasteiger partial charge on any atom is 0.238 e. The first-order valence-corrected chi connectivity index (χ1v) is 11.1. The van der Waals surface area contributed by atoms with Crippen molar-refractivity contribution in [2.45, 2.75) is 30.8 Å². The Balaban J connectivity index is 1.66. The molecule has 0 amide bonds. The molecular weight excluding hydrogens is 390 g/mol. The number of benzene rings is 2. The third-order valence-electron chi connectivity index (χ3n) is 5.14. The van der Waals surface area contributed by atoms with Crippen LogP contribution in [0.4, 0.5) is 11.4 Å². The number of aromatic hydroxyl groups is 1. The molecule has 9 heteroatoms. The van der Waals surface area contributed by atoms with Gasteiger partial charge in [0.15, 0.2) is 5.69 Å². The molecule has 152 valence electrons. The first kappa shape index (κ1) is 19.6. The lowest BCUT2D eigenvalue weighted by molar-refractivity contribution is 0.178. The van der Waals surface area contributed by atoms with Gasteiger partial charge in [-0.05, 0) is 56.3 Å². The van der Waals surface area contributed by atoms with Crippen LogP contribution in [0.3, 0.4) is 0 Å². The van der Waals surface area contributed by atoms with Crippen molar-refractivity contribution < 1.29 is 13.5 Å². The normalized spacial score (nSPS) is 16.0. The summed E-state index contributed by atoms with van der Waals surface area (Å²) < 4.78 is 24.6. The summed E-state index contributed by atoms with van der Waals surface area (Å²) in [5.74, 6) is 0.0710. The number of rotatable bonds is 5. The maximum absolute atomic E-state index is 11.4. The minimum Gasteiger partial charge on any atom is -0.493 e. The second kappa shape index (κ2) is 7.94. The Morgan fingerprint density at radius 1 is 0.966 bits per heavy atom. The number of primary sulfonamides is 1. The number of azo groups is 1. The highest BCUT2D eigenvalue weighted by atomic mass is 32.2. The van der Waals surface area contributed by atoms with Crippen LogP contribution in [-0.4, -0.2) is 36.1 Å². The number of nitrogens with zero attached hydrogens (tertiary/aromatic N) is 4. The van der Waals surface area contributed by atoms with Gasteiger partial charge in [0.05, 0.1) is 22.8 Å². The molecule has 0 unspecified atom stereocenters. The predicted molar refractivity (Wildman–Crippen MR) is 111 cm³/mol. The van der Waals surface area contributed by atoms with Crippen LogP contribution in [0.2, 0.25) is 0 Å². The monoisotopic (exact) mass is 413 g/mol. The van der Waals surface area contributed by atoms with Crippen LogP contribution < -0.4 is 5.14 Å². The SMILES string of the molecule is NS(=O)(=O)c1ccc(N=Nc2c(O)n(CN3CCCCC3)c3ccccc23)cc1. The molecule has 0 saturated carbocycles. The summed E-state index contributed by atoms with van der Waals surface area (Å²) in [4.78, 5) is 2.33. The summed E-state index contributed by atoms with van der Waals surface area (Å²) in [6, 6.07) is 13.5. The van der Waals surface area contributed by atoms with Gasteiger partial charge in [-0.25, -0.2) is 13.6 Å². The van der Waals surface area contributed by atoms with Gasteiger partial charge >= 0.3 is 0 Å². The first-order chi connectivity index (χ1) is 13.9. The van der Waals surface area contributed by atoms with Gasteiger partial charge in [-0.3, -0.25) is 9.47 Å². The molecular formula is C20H23N5O3S. The minimum atomic E-state index is -3.75. The van der Waals surface area contributed by atoms with Gasteiger partial charge in [-0.2, -0.15) is 5.11 Å². The van der Waals surface area contributed by atoms with Crippen molar-refractivity contribution in [3.63, 3.8) is 0 Å². The van der Waals surface area contributed by atoms with Crippen LogP contribution in [0.1, 0.15) is 19.3 Å². The van der Waals surface area contributed by atoms with E-state index in [0.29, 0.717) is 18.0 Å². The Morgan fingerprint density at radius 2 is 1.66 bits per heavy atom. The Kier molecular flexibility index (Phi) is 5.35. The summed E-state index contributed by atoms with van der Waals surface area (Å²) in [7, 11) is -3.75. The van der Waals surface area contributed by atoms with E-state index in [2.05, 4.69) is 15.1 Å². The van der Waals surface area contributed by atoms with Gasteiger partial charge in [-0.1, -0.05) is 24.6 Å². The molecule has 1 aliphatic rings. The quantitative estimate of drug-likeness (QED) is 0.618. The standard InChI is InChI=1S/C20H23N5O3S/c21-29(27,28)16-10-8-15(9-11-16)22-23-19-17-6-2-3-7-18(17)25(20(19)26)14-24-12-4-1-5-13-24/h2-3,6-11,26H,1,4-5,12-14H2,(H2,21,27,28). The molecule has 3 aromatic rings. The summed E-state index contributed by atoms with van der Waals surface area (Å²) in [5.41, 5.74) is 1.76. The van der Waals surface area contributed by atoms with Gasteiger partial charge in [0.25, 0.3) is 0 Å². The van der Waals surface area contributed by atoms with Crippen molar-refractivity contribution in [1.29, 1.82) is 0 Å². The second-order valence-corrected chi connectivity index (χ2v) is 8.74. The molecule has 1 fully saturated rings. The molecule has 2 aromatic carbocycles. The van der Waals surface area contributed by atoms with Crippen LogP contribution in [0.15, 0.2) is 63.7 Å². The fourth-order valence-electron chi connectivity index (χ4n) is 3.62. The number of sulfonamides is 1. The largest absolute Gasteiger partial charge is 0.493 e. The Morgan fingerprint density at radius 3 is 2.34 bits per heavy atom. The summed E-state index contributed by atoms with van der Waals surface area (Å²) in [6.45, 7) is 2.63. The summed E-state index contributed by atoms with van der Waals surface area (Å²) in [6.07, 6.45) is 3.58. The van der Waals surface area contributed by atoms with Crippen LogP contribution in [0, 0.1) is 0 Å². The predicted octanol–water partition coefficient (Wildman–Crippen LogP) is 3.85. The molecule has 0 atom stereocenters. The zero-order valence-electron chi connectivity index (χ0n) is 15.9. The lowest BCUT2D eigenvalue weighted by Gasteiger charge is -2.27. The van der Waals surface area contributed by atoms with Crippen molar-refractivity contribution in [2.75, 3.05) is 13.1 Å². The molecule has 2 heterocycles. The summed E-state index contributed by atoms with van der Waals surface area (Å²) >= 11 is 0. The molecule has 0 bridgehead atoms. The van der Waals surface area contributed by atoms with Gasteiger partial charge < -0.3 is 5.11 Å². The Bertz CT molecular complexity index is 1150. The molecule has 4 rings (SSSR count). The van der Waals surface area contributed by atoms with Crippen LogP contribution in [0.5, 0.6) is 5.88 Å². The minimum absolute atomic E-state index is 0.0115. The van der Waals surface area contributed by atoms with Crippen LogP contribution in [-0.2, 0) is 16.7 Å². The lowest BCUT2D eigenvalue weighted by Crippen LogP contribution is -2.31. The number of para-hydroxylation sites is 1. The third-order valence-corrected chi connectivity index (χ3v) is 6.07. The lowest BCUT2D eigenvalue weighted by atomic mass is 10.1. The summed E-state index contributed by atoms with van der Waals surface area (Å²) in [5, 5.41) is 25.2. The van der Waals surface area contributed by atoms with Gasteiger partial charge in [0.2, 0.25) is 15.9 Å². The Labute approximate surface area is 169 Å². The van der Waals surface area contributed by atoms with E-state index in [1.807, 2.05) is 28.8 Å². The van der Waals surface area contributed by atoms with Crippen molar-refractivity contribution in [1.82, 2.24) is 9.47 Å². The number of aromatic nitrogens is 1. The van der Waals surface area contributed by atoms with Gasteiger partial charge in [0.1, 0.15) is 0 Å². The van der Waals surface area contributed by atoms with E-state index in [4.69, 9.17) is 5.14 Å². The number of nitrogens with two attached hydrogens (primary N) is 1. The van der Waals surface area contributed by atoms with E-state index < -0.39 is 10.0 Å². The zero-order valence-corrected chi connectivity index (χ0v) is 16.7. The molecule has 1 aromatic heterocycles. The number of fused-ring (bicyclic) bond motifs is 1. The molecule has 0 aliphatic carbocycles. The average molecular weight is 414 g/mol. The van der Waals surface area contributed by atoms with Crippen molar-refractivity contribution in [2.24, 2.45) is 15.4 Å². The smallest absolute Gasteiger partial charge is 0.238 e. The fourth-order valence-corrected chi connectivity index (χ4v) is 4.14. The van der Waals surface area contributed by atoms with Crippen molar-refractivity contribution in [3.05, 3.63) is 48.5 Å². The topological polar surface area (TPSA) is 113 Å². The molecule has 0 radical (unpaired) electrons. The van der Waals surface area contributed by atoms with E-state index in [1.54, 1.807) is 0 Å². The van der Waals surface area contributed by atoms with E-state index in [0.717, 1.165) is 24.0 Å². The highest BCUT2D eigenvalue weighted by Crippen LogP contribution is 2.39. The molecule has 1 aliphatic heterocycles. The number of likely N-dealkylation sites (tertiary alicyclic amines) is 1. The molecule has 1 saturated heterocycles. The van der Waals surface area contributed by atoms with E-state index in [1.165, 1.54) is 43.5 Å². The van der Waals surface area contributed by atoms with Crippen molar-refractivity contribution in [3.8, 4) is 5.88 Å². The van der Waals surface area contributed by atoms with Gasteiger partial charge in [-0.15, -0.1) is 5.11 Å². The van der Waals surface area contributed by atoms with E-state index >= 15 is 0 Å². The van der Waals surface area contributed by atoms with Crippen LogP contribution >= 0.6 is 0 Å². The van der Waals surface area contributed by atoms with E-state index in [9.17, 15) is 13.5 Å². The third kappa shape index (κ3) is 4.16. The van der Waals surface area contributed by atoms with Crippen LogP contribution in [0.25, 0.3) is 10.9 Å². The van der Waals surface area contributed by atoms with E-state index in [-0.39, 0.29) is 10.8 Å². The molecule has 3 N–H and O–H groups in total. The highest BCUT2D eigenvalue weighted by Gasteiger charge is 2.19. The molecule has 8 nitrogen and oxygen atoms in total. The average Bonchev–Trinajstić information content (AvgIpc) is 2.98. The van der Waals surface area contributed by atoms with Crippen molar-refractivity contribution >= 4 is 32.3 Å². The Hall–Kier alpha value is -2.75. The fraction of sp³-hybridized carbons (Fsp3) is 0.300. The maximum atomic E-state index is 11.4. The highest BCUT2D eigenvalue weighted by molar-refractivity contribution is 7.89.